The molecule has 0 saturated heterocycles. The molecule has 2 fully saturated rings. The molecule has 1 N–H and O–H groups in total. The summed E-state index contributed by atoms with van der Waals surface area (Å²) in [6.07, 6.45) is 3.90. The van der Waals surface area contributed by atoms with Crippen molar-refractivity contribution in [1.29, 1.82) is 0 Å². The molecule has 29 heavy (non-hydrogen) atoms. The van der Waals surface area contributed by atoms with Crippen LogP contribution in [0.3, 0.4) is 0 Å². The first kappa shape index (κ1) is 19.4. The van der Waals surface area contributed by atoms with Crippen molar-refractivity contribution in [1.82, 2.24) is 0 Å². The van der Waals surface area contributed by atoms with E-state index in [1.807, 2.05) is 0 Å². The number of esters is 1. The molecule has 2 saturated carbocycles. The molecule has 0 spiro atoms. The third kappa shape index (κ3) is 4.09. The minimum Gasteiger partial charge on any atom is -0.461 e. The Balaban J connectivity index is 1.49. The van der Waals surface area contributed by atoms with E-state index in [2.05, 4.69) is 5.32 Å². The molecule has 2 aliphatic carbocycles. The van der Waals surface area contributed by atoms with Crippen LogP contribution in [0.1, 0.15) is 44.6 Å². The van der Waals surface area contributed by atoms with E-state index in [0.29, 0.717) is 40.8 Å². The van der Waals surface area contributed by atoms with Crippen molar-refractivity contribution in [2.75, 3.05) is 5.32 Å². The standard InChI is InChI=1S/C22H23NO6/c1-12(24)23-17-5-6-18-16(9-20(25)29-19(18)10-17)11-28-22(27)15-7-13-3-2-4-14(8-15)21(13)26/h5-6,9-10,13-15H,2-4,7-8,11H2,1H3,(H,23,24)/t13-,14+,15?. The van der Waals surface area contributed by atoms with Gasteiger partial charge in [-0.1, -0.05) is 6.42 Å². The van der Waals surface area contributed by atoms with Crippen LogP contribution >= 0.6 is 0 Å². The van der Waals surface area contributed by atoms with Crippen LogP contribution in [0.5, 0.6) is 0 Å². The number of amides is 1. The van der Waals surface area contributed by atoms with Crippen molar-refractivity contribution >= 4 is 34.3 Å². The van der Waals surface area contributed by atoms with Crippen molar-refractivity contribution in [3.8, 4) is 0 Å². The summed E-state index contributed by atoms with van der Waals surface area (Å²) in [4.78, 5) is 48.0. The molecule has 1 aromatic heterocycles. The van der Waals surface area contributed by atoms with Gasteiger partial charge in [0.05, 0.1) is 5.92 Å². The first-order valence-electron chi connectivity index (χ1n) is 9.95. The van der Waals surface area contributed by atoms with Crippen LogP contribution in [0.4, 0.5) is 5.69 Å². The van der Waals surface area contributed by atoms with E-state index < -0.39 is 5.63 Å². The molecule has 2 aromatic rings. The minimum absolute atomic E-state index is 0.0168. The number of hydrogen-bond donors (Lipinski definition) is 1. The minimum atomic E-state index is -0.554. The molecule has 2 bridgehead atoms. The maximum atomic E-state index is 12.6. The lowest BCUT2D eigenvalue weighted by atomic mass is 9.67. The van der Waals surface area contributed by atoms with Gasteiger partial charge in [0, 0.05) is 47.5 Å². The second-order valence-corrected chi connectivity index (χ2v) is 7.99. The topological polar surface area (TPSA) is 103 Å². The zero-order valence-corrected chi connectivity index (χ0v) is 16.2. The number of hydrogen-bond acceptors (Lipinski definition) is 6. The molecule has 0 aliphatic heterocycles. The lowest BCUT2D eigenvalue weighted by Gasteiger charge is -2.36. The average molecular weight is 397 g/mol. The van der Waals surface area contributed by atoms with Gasteiger partial charge in [-0.15, -0.1) is 0 Å². The Hall–Kier alpha value is -2.96. The molecule has 1 unspecified atom stereocenters. The maximum Gasteiger partial charge on any atom is 0.336 e. The van der Waals surface area contributed by atoms with Crippen LogP contribution in [-0.2, 0) is 25.7 Å². The Morgan fingerprint density at radius 1 is 1.14 bits per heavy atom. The molecular formula is C22H23NO6. The summed E-state index contributed by atoms with van der Waals surface area (Å²) in [6, 6.07) is 6.30. The van der Waals surface area contributed by atoms with Crippen molar-refractivity contribution < 1.29 is 23.5 Å². The molecule has 1 aromatic carbocycles. The molecule has 0 radical (unpaired) electrons. The van der Waals surface area contributed by atoms with Gasteiger partial charge in [-0.2, -0.15) is 0 Å². The maximum absolute atomic E-state index is 12.6. The second kappa shape index (κ2) is 7.81. The van der Waals surface area contributed by atoms with Gasteiger partial charge in [0.15, 0.2) is 0 Å². The number of anilines is 1. The summed E-state index contributed by atoms with van der Waals surface area (Å²) in [7, 11) is 0. The predicted octanol–water partition coefficient (Wildman–Crippen LogP) is 3.19. The van der Waals surface area contributed by atoms with Crippen LogP contribution in [0.25, 0.3) is 11.0 Å². The number of nitrogens with one attached hydrogen (secondary N) is 1. The van der Waals surface area contributed by atoms with Gasteiger partial charge in [-0.05, 0) is 37.8 Å². The summed E-state index contributed by atoms with van der Waals surface area (Å²) in [6.45, 7) is 1.35. The fraction of sp³-hybridized carbons (Fsp3) is 0.455. The Morgan fingerprint density at radius 3 is 2.55 bits per heavy atom. The highest BCUT2D eigenvalue weighted by atomic mass is 16.5. The summed E-state index contributed by atoms with van der Waals surface area (Å²) in [5, 5.41) is 3.28. The number of carbonyl (C=O) groups excluding carboxylic acids is 3. The third-order valence-corrected chi connectivity index (χ3v) is 5.90. The number of carbonyl (C=O) groups is 3. The van der Waals surface area contributed by atoms with Gasteiger partial charge in [0.1, 0.15) is 18.0 Å². The molecule has 1 amide bonds. The van der Waals surface area contributed by atoms with E-state index in [-0.39, 0.29) is 36.2 Å². The van der Waals surface area contributed by atoms with Gasteiger partial charge < -0.3 is 14.5 Å². The van der Waals surface area contributed by atoms with Crippen LogP contribution in [0.2, 0.25) is 0 Å². The summed E-state index contributed by atoms with van der Waals surface area (Å²) < 4.78 is 10.8. The Kier molecular flexibility index (Phi) is 5.22. The number of ether oxygens (including phenoxy) is 1. The number of fused-ring (bicyclic) bond motifs is 3. The molecule has 2 aliphatic rings. The summed E-state index contributed by atoms with van der Waals surface area (Å²) in [5.74, 6) is -0.533. The smallest absolute Gasteiger partial charge is 0.336 e. The molecular weight excluding hydrogens is 374 g/mol. The van der Waals surface area contributed by atoms with Gasteiger partial charge >= 0.3 is 11.6 Å². The SMILES string of the molecule is CC(=O)Nc1ccc2c(COC(=O)C3C[C@H]4CCC[C@@H](C3)C4=O)cc(=O)oc2c1. The van der Waals surface area contributed by atoms with Gasteiger partial charge in [0.2, 0.25) is 5.91 Å². The average Bonchev–Trinajstić information content (AvgIpc) is 2.64. The quantitative estimate of drug-likeness (QED) is 0.628. The summed E-state index contributed by atoms with van der Waals surface area (Å²) >= 11 is 0. The fourth-order valence-electron chi connectivity index (χ4n) is 4.57. The lowest BCUT2D eigenvalue weighted by Crippen LogP contribution is -2.39. The van der Waals surface area contributed by atoms with E-state index >= 15 is 0 Å². The van der Waals surface area contributed by atoms with E-state index in [1.54, 1.807) is 18.2 Å². The Morgan fingerprint density at radius 2 is 1.86 bits per heavy atom. The number of Topliss-reactive ketones (excluding diaryl/α,β-unsaturated/α-hetero) is 1. The predicted molar refractivity (Wildman–Crippen MR) is 105 cm³/mol. The van der Waals surface area contributed by atoms with Gasteiger partial charge in [-0.3, -0.25) is 14.4 Å². The van der Waals surface area contributed by atoms with E-state index in [0.717, 1.165) is 19.3 Å². The molecule has 3 atom stereocenters. The monoisotopic (exact) mass is 397 g/mol. The molecule has 4 rings (SSSR count). The van der Waals surface area contributed by atoms with E-state index in [1.165, 1.54) is 13.0 Å². The lowest BCUT2D eigenvalue weighted by molar-refractivity contribution is -0.154. The largest absolute Gasteiger partial charge is 0.461 e. The van der Waals surface area contributed by atoms with E-state index in [9.17, 15) is 19.2 Å². The number of benzene rings is 1. The van der Waals surface area contributed by atoms with Crippen LogP contribution in [-0.4, -0.2) is 17.7 Å². The van der Waals surface area contributed by atoms with Crippen molar-refractivity contribution in [3.63, 3.8) is 0 Å². The number of rotatable bonds is 4. The Bertz CT molecular complexity index is 1020. The van der Waals surface area contributed by atoms with Crippen LogP contribution < -0.4 is 10.9 Å². The molecule has 7 nitrogen and oxygen atoms in total. The van der Waals surface area contributed by atoms with Gasteiger partial charge in [-0.25, -0.2) is 4.79 Å². The highest BCUT2D eigenvalue weighted by Gasteiger charge is 2.41. The highest BCUT2D eigenvalue weighted by Crippen LogP contribution is 2.40. The van der Waals surface area contributed by atoms with Gasteiger partial charge in [0.25, 0.3) is 0 Å². The van der Waals surface area contributed by atoms with Crippen molar-refractivity contribution in [3.05, 3.63) is 40.2 Å². The fourth-order valence-corrected chi connectivity index (χ4v) is 4.57. The molecule has 152 valence electrons. The third-order valence-electron chi connectivity index (χ3n) is 5.90. The van der Waals surface area contributed by atoms with Crippen LogP contribution in [0, 0.1) is 17.8 Å². The first-order valence-corrected chi connectivity index (χ1v) is 9.95. The summed E-state index contributed by atoms with van der Waals surface area (Å²) in [5.41, 5.74) is 0.820. The second-order valence-electron chi connectivity index (χ2n) is 7.99. The van der Waals surface area contributed by atoms with E-state index in [4.69, 9.17) is 9.15 Å². The van der Waals surface area contributed by atoms with Crippen molar-refractivity contribution in [2.24, 2.45) is 17.8 Å². The first-order chi connectivity index (χ1) is 13.9. The molecule has 7 heteroatoms. The molecule has 1 heterocycles. The van der Waals surface area contributed by atoms with Crippen molar-refractivity contribution in [2.45, 2.75) is 45.6 Å². The Labute approximate surface area is 167 Å². The zero-order valence-electron chi connectivity index (χ0n) is 16.2. The zero-order chi connectivity index (χ0) is 20.5. The number of ketones is 1. The van der Waals surface area contributed by atoms with Crippen LogP contribution in [0.15, 0.2) is 33.5 Å². The normalized spacial score (nSPS) is 23.6. The highest BCUT2D eigenvalue weighted by molar-refractivity contribution is 5.92.